The van der Waals surface area contributed by atoms with E-state index in [1.54, 1.807) is 41.4 Å². The van der Waals surface area contributed by atoms with Crippen LogP contribution in [0.3, 0.4) is 0 Å². The number of fused-ring (bicyclic) bond motifs is 2. The molecule has 0 radical (unpaired) electrons. The molecular weight excluding hydrogens is 382 g/mol. The molecule has 3 N–H and O–H groups in total. The molecular formula is C19H24ClN5O3. The van der Waals surface area contributed by atoms with Crippen LogP contribution in [0.2, 0.25) is 0 Å². The minimum atomic E-state index is -0.232. The molecule has 0 atom stereocenters. The van der Waals surface area contributed by atoms with Gasteiger partial charge in [-0.25, -0.2) is 4.98 Å². The van der Waals surface area contributed by atoms with Gasteiger partial charge in [0, 0.05) is 32.4 Å². The van der Waals surface area contributed by atoms with Gasteiger partial charge < -0.3 is 15.7 Å². The molecule has 0 bridgehead atoms. The van der Waals surface area contributed by atoms with Gasteiger partial charge in [0.05, 0.1) is 23.5 Å². The van der Waals surface area contributed by atoms with E-state index in [1.165, 1.54) is 0 Å². The van der Waals surface area contributed by atoms with Gasteiger partial charge >= 0.3 is 0 Å². The number of rotatable bonds is 2. The Morgan fingerprint density at radius 1 is 1.11 bits per heavy atom. The Morgan fingerprint density at radius 2 is 1.82 bits per heavy atom. The number of benzene rings is 1. The zero-order valence-corrected chi connectivity index (χ0v) is 16.4. The first-order chi connectivity index (χ1) is 12.6. The monoisotopic (exact) mass is 405 g/mol. The van der Waals surface area contributed by atoms with Crippen molar-refractivity contribution in [3.8, 4) is 0 Å². The van der Waals surface area contributed by atoms with Crippen LogP contribution in [0.15, 0.2) is 42.6 Å². The Labute approximate surface area is 169 Å². The van der Waals surface area contributed by atoms with Gasteiger partial charge in [0.25, 0.3) is 5.91 Å². The number of para-hydroxylation sites is 1. The first-order valence-corrected chi connectivity index (χ1v) is 8.73. The first-order valence-electron chi connectivity index (χ1n) is 8.73. The Hall–Kier alpha value is -2.52. The average Bonchev–Trinajstić information content (AvgIpc) is 2.77. The van der Waals surface area contributed by atoms with Crippen molar-refractivity contribution in [1.82, 2.24) is 14.8 Å². The van der Waals surface area contributed by atoms with Crippen molar-refractivity contribution in [3.63, 3.8) is 0 Å². The normalized spacial score (nSPS) is 16.6. The maximum atomic E-state index is 13.2. The quantitative estimate of drug-likeness (QED) is 0.807. The van der Waals surface area contributed by atoms with E-state index in [0.29, 0.717) is 29.3 Å². The van der Waals surface area contributed by atoms with E-state index in [4.69, 9.17) is 0 Å². The van der Waals surface area contributed by atoms with E-state index < -0.39 is 0 Å². The summed E-state index contributed by atoms with van der Waals surface area (Å²) >= 11 is 0. The van der Waals surface area contributed by atoms with Gasteiger partial charge in [-0.05, 0) is 31.3 Å². The number of pyridine rings is 1. The lowest BCUT2D eigenvalue weighted by molar-refractivity contribution is -0.119. The molecule has 28 heavy (non-hydrogen) atoms. The summed E-state index contributed by atoms with van der Waals surface area (Å²) in [5, 5.41) is 2.86. The maximum Gasteiger partial charge on any atom is 0.257 e. The summed E-state index contributed by atoms with van der Waals surface area (Å²) in [5.74, 6) is 0.146. The molecule has 2 aliphatic heterocycles. The number of hydrogen-bond donors (Lipinski definition) is 1. The SMILES string of the molecule is CN1CCN(CC(=O)N2c3ccccc3C(=O)Nc3cccnc32)CC1.Cl.O. The van der Waals surface area contributed by atoms with E-state index >= 15 is 0 Å². The molecule has 1 saturated heterocycles. The highest BCUT2D eigenvalue weighted by atomic mass is 35.5. The standard InChI is InChI=1S/C19H21N5O2.ClH.H2O/c1-22-9-11-23(12-10-22)13-17(25)24-16-7-3-2-5-14(16)19(26)21-15-6-4-8-20-18(15)24;;/h2-8H,9-13H2,1H3,(H,21,26);1H;1H2. The summed E-state index contributed by atoms with van der Waals surface area (Å²) in [6.07, 6.45) is 1.63. The van der Waals surface area contributed by atoms with Crippen LogP contribution >= 0.6 is 12.4 Å². The van der Waals surface area contributed by atoms with Crippen molar-refractivity contribution >= 4 is 41.4 Å². The van der Waals surface area contributed by atoms with Crippen LogP contribution in [0.1, 0.15) is 10.4 Å². The van der Waals surface area contributed by atoms with Gasteiger partial charge in [-0.1, -0.05) is 12.1 Å². The lowest BCUT2D eigenvalue weighted by atomic mass is 10.1. The van der Waals surface area contributed by atoms with E-state index in [1.807, 2.05) is 6.07 Å². The molecule has 0 unspecified atom stereocenters. The third-order valence-electron chi connectivity index (χ3n) is 4.84. The number of carbonyl (C=O) groups is 2. The Morgan fingerprint density at radius 3 is 2.57 bits per heavy atom. The highest BCUT2D eigenvalue weighted by Gasteiger charge is 2.31. The van der Waals surface area contributed by atoms with E-state index in [9.17, 15) is 9.59 Å². The van der Waals surface area contributed by atoms with Crippen LogP contribution in [0.25, 0.3) is 0 Å². The second-order valence-electron chi connectivity index (χ2n) is 6.65. The first kappa shape index (κ1) is 21.8. The fraction of sp³-hybridized carbons (Fsp3) is 0.316. The number of nitrogens with one attached hydrogen (secondary N) is 1. The molecule has 3 heterocycles. The Balaban J connectivity index is 0.00000140. The van der Waals surface area contributed by atoms with Crippen molar-refractivity contribution in [2.75, 3.05) is 50.0 Å². The van der Waals surface area contributed by atoms with E-state index in [0.717, 1.165) is 26.2 Å². The predicted molar refractivity (Wildman–Crippen MR) is 111 cm³/mol. The van der Waals surface area contributed by atoms with Gasteiger partial charge in [0.15, 0.2) is 5.82 Å². The molecule has 8 nitrogen and oxygen atoms in total. The van der Waals surface area contributed by atoms with E-state index in [-0.39, 0.29) is 29.7 Å². The highest BCUT2D eigenvalue weighted by molar-refractivity contribution is 6.17. The van der Waals surface area contributed by atoms with Crippen molar-refractivity contribution < 1.29 is 15.1 Å². The number of amides is 2. The van der Waals surface area contributed by atoms with Gasteiger partial charge in [0.1, 0.15) is 0 Å². The summed E-state index contributed by atoms with van der Waals surface area (Å²) in [6.45, 7) is 3.89. The van der Waals surface area contributed by atoms with Crippen LogP contribution in [0, 0.1) is 0 Å². The third kappa shape index (κ3) is 4.15. The van der Waals surface area contributed by atoms with Crippen molar-refractivity contribution in [1.29, 1.82) is 0 Å². The van der Waals surface area contributed by atoms with Gasteiger partial charge in [-0.2, -0.15) is 0 Å². The van der Waals surface area contributed by atoms with Crippen LogP contribution < -0.4 is 10.2 Å². The summed E-state index contributed by atoms with van der Waals surface area (Å²) in [5.41, 5.74) is 1.58. The number of likely N-dealkylation sites (N-methyl/N-ethyl adjacent to an activating group) is 1. The molecule has 1 fully saturated rings. The molecule has 4 rings (SSSR count). The number of halogens is 1. The predicted octanol–water partition coefficient (Wildman–Crippen LogP) is 1.16. The van der Waals surface area contributed by atoms with E-state index in [2.05, 4.69) is 27.1 Å². The smallest absolute Gasteiger partial charge is 0.257 e. The summed E-state index contributed by atoms with van der Waals surface area (Å²) in [6, 6.07) is 10.7. The number of aromatic nitrogens is 1. The topological polar surface area (TPSA) is 100 Å². The molecule has 0 saturated carbocycles. The molecule has 1 aromatic heterocycles. The second kappa shape index (κ2) is 9.11. The molecule has 0 aliphatic carbocycles. The third-order valence-corrected chi connectivity index (χ3v) is 4.84. The average molecular weight is 406 g/mol. The zero-order chi connectivity index (χ0) is 18.1. The van der Waals surface area contributed by atoms with Crippen molar-refractivity contribution in [2.45, 2.75) is 0 Å². The molecule has 0 spiro atoms. The largest absolute Gasteiger partial charge is 0.412 e. The van der Waals surface area contributed by atoms with Crippen LogP contribution in [0.5, 0.6) is 0 Å². The molecule has 150 valence electrons. The second-order valence-corrected chi connectivity index (χ2v) is 6.65. The number of anilines is 3. The Bertz CT molecular complexity index is 855. The summed E-state index contributed by atoms with van der Waals surface area (Å²) < 4.78 is 0. The highest BCUT2D eigenvalue weighted by Crippen LogP contribution is 2.36. The molecule has 2 aromatic rings. The van der Waals surface area contributed by atoms with Crippen LogP contribution in [-0.2, 0) is 4.79 Å². The lowest BCUT2D eigenvalue weighted by Crippen LogP contribution is -2.48. The fourth-order valence-electron chi connectivity index (χ4n) is 3.36. The fourth-order valence-corrected chi connectivity index (χ4v) is 3.36. The molecule has 1 aromatic carbocycles. The summed E-state index contributed by atoms with van der Waals surface area (Å²) in [7, 11) is 2.08. The van der Waals surface area contributed by atoms with Crippen molar-refractivity contribution in [3.05, 3.63) is 48.2 Å². The number of piperazine rings is 1. The molecule has 2 amide bonds. The van der Waals surface area contributed by atoms with Gasteiger partial charge in [0.2, 0.25) is 5.91 Å². The Kier molecular flexibility index (Phi) is 7.09. The van der Waals surface area contributed by atoms with Gasteiger partial charge in [-0.3, -0.25) is 19.4 Å². The molecule has 9 heteroatoms. The molecule has 2 aliphatic rings. The number of carbonyl (C=O) groups excluding carboxylic acids is 2. The lowest BCUT2D eigenvalue weighted by Gasteiger charge is -2.33. The van der Waals surface area contributed by atoms with Crippen LogP contribution in [0.4, 0.5) is 17.2 Å². The summed E-state index contributed by atoms with van der Waals surface area (Å²) in [4.78, 5) is 36.1. The minimum Gasteiger partial charge on any atom is -0.412 e. The number of hydrogen-bond acceptors (Lipinski definition) is 5. The van der Waals surface area contributed by atoms with Crippen molar-refractivity contribution in [2.24, 2.45) is 0 Å². The van der Waals surface area contributed by atoms with Crippen LogP contribution in [-0.4, -0.2) is 71.8 Å². The maximum absolute atomic E-state index is 13.2. The number of nitrogens with zero attached hydrogens (tertiary/aromatic N) is 4. The van der Waals surface area contributed by atoms with Gasteiger partial charge in [-0.15, -0.1) is 12.4 Å². The zero-order valence-electron chi connectivity index (χ0n) is 15.6. The minimum absolute atomic E-state index is 0.